The molecule has 0 aliphatic rings. The lowest BCUT2D eigenvalue weighted by Gasteiger charge is -2.02. The molecule has 0 aliphatic heterocycles. The smallest absolute Gasteiger partial charge is 0.138 e. The molecule has 0 fully saturated rings. The zero-order chi connectivity index (χ0) is 11.3. The zero-order valence-corrected chi connectivity index (χ0v) is 10.8. The summed E-state index contributed by atoms with van der Waals surface area (Å²) in [6.07, 6.45) is 2.66. The van der Waals surface area contributed by atoms with Gasteiger partial charge >= 0.3 is 0 Å². The second-order valence-corrected chi connectivity index (χ2v) is 5.10. The number of ketones is 1. The summed E-state index contributed by atoms with van der Waals surface area (Å²) in [7, 11) is 0. The van der Waals surface area contributed by atoms with Crippen LogP contribution in [-0.4, -0.2) is 17.8 Å². The summed E-state index contributed by atoms with van der Waals surface area (Å²) in [5.41, 5.74) is 0.476. The molecule has 0 spiro atoms. The molecule has 0 radical (unpaired) electrons. The second kappa shape index (κ2) is 6.28. The molecule has 0 N–H and O–H groups in total. The van der Waals surface area contributed by atoms with Crippen LogP contribution in [0.15, 0.2) is 22.7 Å². The third-order valence-electron chi connectivity index (χ3n) is 1.99. The van der Waals surface area contributed by atoms with E-state index in [0.29, 0.717) is 16.5 Å². The molecule has 15 heavy (non-hydrogen) atoms. The number of benzene rings is 1. The summed E-state index contributed by atoms with van der Waals surface area (Å²) in [5, 5.41) is 0. The number of carbonyl (C=O) groups excluding carboxylic acids is 1. The van der Waals surface area contributed by atoms with E-state index in [1.807, 2.05) is 6.26 Å². The maximum atomic E-state index is 13.3. The van der Waals surface area contributed by atoms with E-state index < -0.39 is 0 Å². The van der Waals surface area contributed by atoms with Gasteiger partial charge in [0, 0.05) is 17.3 Å². The van der Waals surface area contributed by atoms with Crippen molar-refractivity contribution < 1.29 is 9.18 Å². The van der Waals surface area contributed by atoms with E-state index in [4.69, 9.17) is 0 Å². The molecule has 0 unspecified atom stereocenters. The predicted molar refractivity (Wildman–Crippen MR) is 65.8 cm³/mol. The summed E-state index contributed by atoms with van der Waals surface area (Å²) in [6, 6.07) is 4.79. The molecule has 82 valence electrons. The van der Waals surface area contributed by atoms with E-state index in [1.165, 1.54) is 6.07 Å². The van der Waals surface area contributed by atoms with Crippen molar-refractivity contribution in [1.82, 2.24) is 0 Å². The van der Waals surface area contributed by atoms with Crippen molar-refractivity contribution in [2.45, 2.75) is 12.8 Å². The minimum Gasteiger partial charge on any atom is -0.299 e. The number of thioether (sulfide) groups is 1. The van der Waals surface area contributed by atoms with Crippen molar-refractivity contribution in [3.05, 3.63) is 34.1 Å². The Bertz CT molecular complexity index is 354. The lowest BCUT2D eigenvalue weighted by Crippen LogP contribution is -2.05. The van der Waals surface area contributed by atoms with Crippen LogP contribution in [0.5, 0.6) is 0 Å². The van der Waals surface area contributed by atoms with Crippen LogP contribution in [0.1, 0.15) is 12.0 Å². The first-order chi connectivity index (χ1) is 7.13. The Morgan fingerprint density at radius 1 is 1.53 bits per heavy atom. The van der Waals surface area contributed by atoms with Crippen LogP contribution < -0.4 is 0 Å². The minimum absolute atomic E-state index is 0.0885. The van der Waals surface area contributed by atoms with E-state index in [9.17, 15) is 9.18 Å². The summed E-state index contributed by atoms with van der Waals surface area (Å²) < 4.78 is 14.0. The highest BCUT2D eigenvalue weighted by molar-refractivity contribution is 9.10. The van der Waals surface area contributed by atoms with Gasteiger partial charge in [-0.1, -0.05) is 22.0 Å². The van der Waals surface area contributed by atoms with Crippen LogP contribution in [0.4, 0.5) is 4.39 Å². The third kappa shape index (κ3) is 4.34. The van der Waals surface area contributed by atoms with Gasteiger partial charge in [0.05, 0.1) is 0 Å². The average molecular weight is 291 g/mol. The molecule has 0 aliphatic carbocycles. The number of rotatable bonds is 5. The van der Waals surface area contributed by atoms with Crippen molar-refractivity contribution >= 4 is 33.5 Å². The zero-order valence-electron chi connectivity index (χ0n) is 8.43. The Hall–Kier alpha value is -0.350. The van der Waals surface area contributed by atoms with Crippen LogP contribution in [0, 0.1) is 5.82 Å². The largest absolute Gasteiger partial charge is 0.299 e. The van der Waals surface area contributed by atoms with Crippen molar-refractivity contribution in [2.24, 2.45) is 0 Å². The van der Waals surface area contributed by atoms with Crippen molar-refractivity contribution in [3.63, 3.8) is 0 Å². The van der Waals surface area contributed by atoms with Crippen LogP contribution in [0.3, 0.4) is 0 Å². The SMILES string of the molecule is CSCCC(=O)Cc1ccc(Br)cc1F. The molecular weight excluding hydrogens is 279 g/mol. The Morgan fingerprint density at radius 2 is 2.27 bits per heavy atom. The van der Waals surface area contributed by atoms with Gasteiger partial charge in [0.1, 0.15) is 11.6 Å². The van der Waals surface area contributed by atoms with Crippen LogP contribution in [-0.2, 0) is 11.2 Å². The van der Waals surface area contributed by atoms with Gasteiger partial charge in [-0.3, -0.25) is 4.79 Å². The molecule has 4 heteroatoms. The van der Waals surface area contributed by atoms with Crippen molar-refractivity contribution in [2.75, 3.05) is 12.0 Å². The predicted octanol–water partition coefficient (Wildman–Crippen LogP) is 3.45. The molecule has 0 bridgehead atoms. The van der Waals surface area contributed by atoms with Crippen LogP contribution in [0.2, 0.25) is 0 Å². The first kappa shape index (κ1) is 12.7. The highest BCUT2D eigenvalue weighted by Crippen LogP contribution is 2.16. The lowest BCUT2D eigenvalue weighted by atomic mass is 10.1. The molecule has 0 aromatic heterocycles. The topological polar surface area (TPSA) is 17.1 Å². The summed E-state index contributed by atoms with van der Waals surface area (Å²) in [4.78, 5) is 11.4. The van der Waals surface area contributed by atoms with Gasteiger partial charge in [-0.05, 0) is 29.7 Å². The van der Waals surface area contributed by atoms with E-state index in [-0.39, 0.29) is 18.0 Å². The normalized spacial score (nSPS) is 10.3. The molecule has 1 nitrogen and oxygen atoms in total. The fraction of sp³-hybridized carbons (Fsp3) is 0.364. The van der Waals surface area contributed by atoms with E-state index >= 15 is 0 Å². The first-order valence-electron chi connectivity index (χ1n) is 4.58. The van der Waals surface area contributed by atoms with Gasteiger partial charge in [0.15, 0.2) is 0 Å². The average Bonchev–Trinajstić information content (AvgIpc) is 2.19. The van der Waals surface area contributed by atoms with Gasteiger partial charge in [-0.15, -0.1) is 0 Å². The van der Waals surface area contributed by atoms with E-state index in [1.54, 1.807) is 23.9 Å². The third-order valence-corrected chi connectivity index (χ3v) is 3.09. The van der Waals surface area contributed by atoms with E-state index in [0.717, 1.165) is 5.75 Å². The molecule has 0 saturated heterocycles. The summed E-state index contributed by atoms with van der Waals surface area (Å²) >= 11 is 4.80. The van der Waals surface area contributed by atoms with Gasteiger partial charge in [0.2, 0.25) is 0 Å². The van der Waals surface area contributed by atoms with Gasteiger partial charge in [-0.2, -0.15) is 11.8 Å². The van der Waals surface area contributed by atoms with E-state index in [2.05, 4.69) is 15.9 Å². The Balaban J connectivity index is 2.60. The van der Waals surface area contributed by atoms with Gasteiger partial charge in [-0.25, -0.2) is 4.39 Å². The molecule has 0 saturated carbocycles. The lowest BCUT2D eigenvalue weighted by molar-refractivity contribution is -0.118. The van der Waals surface area contributed by atoms with Crippen molar-refractivity contribution in [1.29, 1.82) is 0 Å². The summed E-state index contributed by atoms with van der Waals surface area (Å²) in [5.74, 6) is 0.573. The fourth-order valence-electron chi connectivity index (χ4n) is 1.18. The maximum absolute atomic E-state index is 13.3. The van der Waals surface area contributed by atoms with Crippen LogP contribution >= 0.6 is 27.7 Å². The van der Waals surface area contributed by atoms with Gasteiger partial charge < -0.3 is 0 Å². The Morgan fingerprint density at radius 3 is 2.87 bits per heavy atom. The second-order valence-electron chi connectivity index (χ2n) is 3.19. The molecular formula is C11H12BrFOS. The quantitative estimate of drug-likeness (QED) is 0.826. The number of hydrogen-bond acceptors (Lipinski definition) is 2. The van der Waals surface area contributed by atoms with Crippen LogP contribution in [0.25, 0.3) is 0 Å². The highest BCUT2D eigenvalue weighted by Gasteiger charge is 2.08. The minimum atomic E-state index is -0.318. The molecule has 0 heterocycles. The Labute approximate surface area is 102 Å². The number of hydrogen-bond donors (Lipinski definition) is 0. The van der Waals surface area contributed by atoms with Crippen molar-refractivity contribution in [3.8, 4) is 0 Å². The molecule has 0 atom stereocenters. The number of Topliss-reactive ketones (excluding diaryl/α,β-unsaturated/α-hetero) is 1. The first-order valence-corrected chi connectivity index (χ1v) is 6.76. The fourth-order valence-corrected chi connectivity index (χ4v) is 1.95. The monoisotopic (exact) mass is 290 g/mol. The highest BCUT2D eigenvalue weighted by atomic mass is 79.9. The molecule has 1 rings (SSSR count). The Kier molecular flexibility index (Phi) is 5.32. The van der Waals surface area contributed by atoms with Gasteiger partial charge in [0.25, 0.3) is 0 Å². The number of halogens is 2. The standard InChI is InChI=1S/C11H12BrFOS/c1-15-5-4-10(14)6-8-2-3-9(12)7-11(8)13/h2-3,7H,4-6H2,1H3. The number of carbonyl (C=O) groups is 1. The molecule has 1 aromatic rings. The molecule has 0 amide bonds. The summed E-state index contributed by atoms with van der Waals surface area (Å²) in [6.45, 7) is 0. The molecule has 1 aromatic carbocycles. The maximum Gasteiger partial charge on any atom is 0.138 e.